The monoisotopic (exact) mass is 505 g/mol. The smallest absolute Gasteiger partial charge is 0.244 e. The minimum absolute atomic E-state index is 0.165. The van der Waals surface area contributed by atoms with Crippen molar-refractivity contribution in [1.29, 1.82) is 0 Å². The highest BCUT2D eigenvalue weighted by molar-refractivity contribution is 7.92. The molecule has 0 saturated carbocycles. The van der Waals surface area contributed by atoms with Crippen molar-refractivity contribution in [1.82, 2.24) is 10.2 Å². The molecule has 1 N–H and O–H groups in total. The van der Waals surface area contributed by atoms with E-state index in [2.05, 4.69) is 5.32 Å². The lowest BCUT2D eigenvalue weighted by Crippen LogP contribution is -2.52. The van der Waals surface area contributed by atoms with Crippen LogP contribution in [0, 0.1) is 6.92 Å². The van der Waals surface area contributed by atoms with Crippen LogP contribution >= 0.6 is 0 Å². The van der Waals surface area contributed by atoms with Crippen LogP contribution in [0.1, 0.15) is 31.4 Å². The standard InChI is InChI=1S/C25H35N3O6S/c1-7-21(25(30)26-8-2)27(16-19-12-10-9-11-18(19)3)24(29)17-28(35(6,31)32)22-14-13-20(33-4)15-23(22)34-5/h9-15,21H,7-8,16-17H2,1-6H3,(H,26,30). The molecule has 2 rings (SSSR count). The molecular weight excluding hydrogens is 470 g/mol. The van der Waals surface area contributed by atoms with Crippen molar-refractivity contribution in [2.75, 3.05) is 37.9 Å². The van der Waals surface area contributed by atoms with Gasteiger partial charge in [0.05, 0.1) is 26.2 Å². The number of hydrogen-bond acceptors (Lipinski definition) is 6. The van der Waals surface area contributed by atoms with E-state index in [1.54, 1.807) is 19.1 Å². The van der Waals surface area contributed by atoms with Gasteiger partial charge in [-0.15, -0.1) is 0 Å². The van der Waals surface area contributed by atoms with Crippen LogP contribution in [-0.2, 0) is 26.2 Å². The van der Waals surface area contributed by atoms with Gasteiger partial charge < -0.3 is 19.7 Å². The van der Waals surface area contributed by atoms with Gasteiger partial charge in [0.2, 0.25) is 21.8 Å². The van der Waals surface area contributed by atoms with E-state index in [0.717, 1.165) is 21.7 Å². The molecule has 0 heterocycles. The van der Waals surface area contributed by atoms with Gasteiger partial charge in [0, 0.05) is 19.2 Å². The molecule has 0 aromatic heterocycles. The normalized spacial score (nSPS) is 11.9. The lowest BCUT2D eigenvalue weighted by molar-refractivity contribution is -0.140. The number of sulfonamides is 1. The largest absolute Gasteiger partial charge is 0.497 e. The second-order valence-electron chi connectivity index (χ2n) is 8.07. The molecule has 2 amide bonds. The number of methoxy groups -OCH3 is 2. The highest BCUT2D eigenvalue weighted by Gasteiger charge is 2.32. The number of hydrogen-bond donors (Lipinski definition) is 1. The Morgan fingerprint density at radius 2 is 1.74 bits per heavy atom. The summed E-state index contributed by atoms with van der Waals surface area (Å²) in [6.07, 6.45) is 1.39. The lowest BCUT2D eigenvalue weighted by atomic mass is 10.1. The number of carbonyl (C=O) groups excluding carboxylic acids is 2. The van der Waals surface area contributed by atoms with Crippen LogP contribution in [0.5, 0.6) is 11.5 Å². The average molecular weight is 506 g/mol. The summed E-state index contributed by atoms with van der Waals surface area (Å²) in [5.74, 6) is -0.0721. The molecule has 1 atom stereocenters. The Morgan fingerprint density at radius 1 is 1.06 bits per heavy atom. The van der Waals surface area contributed by atoms with Gasteiger partial charge in [-0.2, -0.15) is 0 Å². The van der Waals surface area contributed by atoms with Gasteiger partial charge in [0.25, 0.3) is 0 Å². The van der Waals surface area contributed by atoms with Crippen molar-refractivity contribution in [2.45, 2.75) is 39.8 Å². The number of amides is 2. The third kappa shape index (κ3) is 7.11. The van der Waals surface area contributed by atoms with Gasteiger partial charge in [-0.1, -0.05) is 31.2 Å². The molecule has 2 aromatic carbocycles. The SMILES string of the molecule is CCNC(=O)C(CC)N(Cc1ccccc1C)C(=O)CN(c1ccc(OC)cc1OC)S(C)(=O)=O. The minimum Gasteiger partial charge on any atom is -0.497 e. The fourth-order valence-electron chi connectivity index (χ4n) is 3.77. The fraction of sp³-hybridized carbons (Fsp3) is 0.440. The summed E-state index contributed by atoms with van der Waals surface area (Å²) in [5, 5.41) is 2.78. The van der Waals surface area contributed by atoms with E-state index >= 15 is 0 Å². The van der Waals surface area contributed by atoms with Gasteiger partial charge in [-0.3, -0.25) is 13.9 Å². The van der Waals surface area contributed by atoms with E-state index < -0.39 is 28.5 Å². The number of ether oxygens (including phenoxy) is 2. The van der Waals surface area contributed by atoms with Gasteiger partial charge in [0.15, 0.2) is 0 Å². The maximum Gasteiger partial charge on any atom is 0.244 e. The van der Waals surface area contributed by atoms with E-state index in [4.69, 9.17) is 9.47 Å². The zero-order chi connectivity index (χ0) is 26.2. The first-order valence-corrected chi connectivity index (χ1v) is 13.2. The fourth-order valence-corrected chi connectivity index (χ4v) is 4.62. The van der Waals surface area contributed by atoms with Crippen LogP contribution in [0.2, 0.25) is 0 Å². The Bertz CT molecular complexity index is 1140. The molecular formula is C25H35N3O6S. The molecule has 35 heavy (non-hydrogen) atoms. The zero-order valence-electron chi connectivity index (χ0n) is 21.2. The molecule has 0 aliphatic carbocycles. The number of nitrogens with one attached hydrogen (secondary N) is 1. The summed E-state index contributed by atoms with van der Waals surface area (Å²) >= 11 is 0. The van der Waals surface area contributed by atoms with Gasteiger partial charge >= 0.3 is 0 Å². The first-order valence-electron chi connectivity index (χ1n) is 11.4. The molecule has 0 bridgehead atoms. The van der Waals surface area contributed by atoms with E-state index in [-0.39, 0.29) is 23.9 Å². The van der Waals surface area contributed by atoms with Crippen LogP contribution in [-0.4, -0.2) is 64.7 Å². The van der Waals surface area contributed by atoms with Crippen LogP contribution in [0.15, 0.2) is 42.5 Å². The highest BCUT2D eigenvalue weighted by Crippen LogP contribution is 2.33. The van der Waals surface area contributed by atoms with Crippen molar-refractivity contribution < 1.29 is 27.5 Å². The van der Waals surface area contributed by atoms with Gasteiger partial charge in [0.1, 0.15) is 24.1 Å². The van der Waals surface area contributed by atoms with Crippen molar-refractivity contribution in [3.05, 3.63) is 53.6 Å². The average Bonchev–Trinajstić information content (AvgIpc) is 2.82. The quantitative estimate of drug-likeness (QED) is 0.476. The van der Waals surface area contributed by atoms with E-state index in [0.29, 0.717) is 18.7 Å². The number of anilines is 1. The maximum absolute atomic E-state index is 13.7. The molecule has 192 valence electrons. The lowest BCUT2D eigenvalue weighted by Gasteiger charge is -2.33. The third-order valence-corrected chi connectivity index (χ3v) is 6.80. The number of benzene rings is 2. The molecule has 0 fully saturated rings. The Morgan fingerprint density at radius 3 is 2.29 bits per heavy atom. The molecule has 0 aliphatic rings. The number of rotatable bonds is 12. The first kappa shape index (κ1) is 28.0. The van der Waals surface area contributed by atoms with Crippen LogP contribution in [0.3, 0.4) is 0 Å². The Hall–Kier alpha value is -3.27. The molecule has 0 radical (unpaired) electrons. The zero-order valence-corrected chi connectivity index (χ0v) is 22.0. The number of likely N-dealkylation sites (N-methyl/N-ethyl adjacent to an activating group) is 1. The topological polar surface area (TPSA) is 105 Å². The number of aryl methyl sites for hydroxylation is 1. The summed E-state index contributed by atoms with van der Waals surface area (Å²) in [6, 6.07) is 11.5. The number of nitrogens with zero attached hydrogens (tertiary/aromatic N) is 2. The van der Waals surface area contributed by atoms with Gasteiger partial charge in [-0.25, -0.2) is 8.42 Å². The summed E-state index contributed by atoms with van der Waals surface area (Å²) in [6.45, 7) is 5.64. The molecule has 2 aromatic rings. The molecule has 0 aliphatic heterocycles. The highest BCUT2D eigenvalue weighted by atomic mass is 32.2. The summed E-state index contributed by atoms with van der Waals surface area (Å²) < 4.78 is 37.2. The Labute approximate surface area is 208 Å². The van der Waals surface area contributed by atoms with Crippen LogP contribution < -0.4 is 19.1 Å². The summed E-state index contributed by atoms with van der Waals surface area (Å²) in [7, 11) is -0.980. The van der Waals surface area contributed by atoms with Gasteiger partial charge in [-0.05, 0) is 43.5 Å². The van der Waals surface area contributed by atoms with Crippen molar-refractivity contribution in [3.8, 4) is 11.5 Å². The molecule has 9 nitrogen and oxygen atoms in total. The van der Waals surface area contributed by atoms with Crippen molar-refractivity contribution in [3.63, 3.8) is 0 Å². The maximum atomic E-state index is 13.7. The van der Waals surface area contributed by atoms with E-state index in [1.807, 2.05) is 38.1 Å². The van der Waals surface area contributed by atoms with E-state index in [1.165, 1.54) is 25.2 Å². The molecule has 10 heteroatoms. The second-order valence-corrected chi connectivity index (χ2v) is 9.98. The Balaban J connectivity index is 2.52. The number of carbonyl (C=O) groups is 2. The predicted molar refractivity (Wildman–Crippen MR) is 136 cm³/mol. The first-order chi connectivity index (χ1) is 16.6. The van der Waals surface area contributed by atoms with Crippen molar-refractivity contribution >= 4 is 27.5 Å². The molecule has 0 spiro atoms. The third-order valence-electron chi connectivity index (χ3n) is 5.67. The van der Waals surface area contributed by atoms with E-state index in [9.17, 15) is 18.0 Å². The minimum atomic E-state index is -3.88. The molecule has 0 saturated heterocycles. The predicted octanol–water partition coefficient (Wildman–Crippen LogP) is 2.72. The molecule has 1 unspecified atom stereocenters. The van der Waals surface area contributed by atoms with Crippen molar-refractivity contribution in [2.24, 2.45) is 0 Å². The summed E-state index contributed by atoms with van der Waals surface area (Å²) in [4.78, 5) is 28.0. The Kier molecular flexibility index (Phi) is 9.94. The second kappa shape index (κ2) is 12.4. The summed E-state index contributed by atoms with van der Waals surface area (Å²) in [5.41, 5.74) is 2.04. The van der Waals surface area contributed by atoms with Crippen LogP contribution in [0.4, 0.5) is 5.69 Å². The van der Waals surface area contributed by atoms with Crippen LogP contribution in [0.25, 0.3) is 0 Å².